The first-order chi connectivity index (χ1) is 14.9. The van der Waals surface area contributed by atoms with Crippen LogP contribution in [0.25, 0.3) is 0 Å². The van der Waals surface area contributed by atoms with E-state index >= 15 is 0 Å². The van der Waals surface area contributed by atoms with Crippen LogP contribution in [0.3, 0.4) is 0 Å². The molecule has 0 spiro atoms. The predicted molar refractivity (Wildman–Crippen MR) is 123 cm³/mol. The summed E-state index contributed by atoms with van der Waals surface area (Å²) < 4.78 is 28.3. The van der Waals surface area contributed by atoms with E-state index < -0.39 is 10.0 Å². The Hall–Kier alpha value is -2.42. The van der Waals surface area contributed by atoms with Gasteiger partial charge in [-0.3, -0.25) is 9.69 Å². The molecule has 2 heterocycles. The summed E-state index contributed by atoms with van der Waals surface area (Å²) >= 11 is 0. The van der Waals surface area contributed by atoms with Gasteiger partial charge in [-0.1, -0.05) is 18.2 Å². The summed E-state index contributed by atoms with van der Waals surface area (Å²) in [5.74, 6) is -0.0120. The van der Waals surface area contributed by atoms with Crippen LogP contribution in [0, 0.1) is 0 Å². The van der Waals surface area contributed by atoms with Crippen LogP contribution >= 0.6 is 0 Å². The van der Waals surface area contributed by atoms with Gasteiger partial charge in [0.2, 0.25) is 15.9 Å². The Morgan fingerprint density at radius 2 is 1.74 bits per heavy atom. The Morgan fingerprint density at radius 3 is 2.45 bits per heavy atom. The van der Waals surface area contributed by atoms with E-state index in [-0.39, 0.29) is 10.8 Å². The Labute approximate surface area is 184 Å². The number of fused-ring (bicyclic) bond motifs is 1. The van der Waals surface area contributed by atoms with Crippen LogP contribution in [-0.4, -0.2) is 65.0 Å². The third-order valence-electron chi connectivity index (χ3n) is 6.07. The van der Waals surface area contributed by atoms with Crippen molar-refractivity contribution in [2.75, 3.05) is 55.6 Å². The van der Waals surface area contributed by atoms with Crippen LogP contribution in [-0.2, 0) is 21.2 Å². The third-order valence-corrected chi connectivity index (χ3v) is 7.53. The lowest BCUT2D eigenvalue weighted by atomic mass is 10.0. The molecule has 0 unspecified atom stereocenters. The minimum Gasteiger partial charge on any atom is -0.369 e. The van der Waals surface area contributed by atoms with E-state index in [9.17, 15) is 13.2 Å². The average molecular weight is 443 g/mol. The summed E-state index contributed by atoms with van der Waals surface area (Å²) in [7, 11) is -3.58. The number of anilines is 2. The molecule has 0 bridgehead atoms. The van der Waals surface area contributed by atoms with Crippen molar-refractivity contribution in [1.29, 1.82) is 0 Å². The van der Waals surface area contributed by atoms with Crippen molar-refractivity contribution in [2.45, 2.75) is 24.7 Å². The molecule has 1 amide bonds. The Bertz CT molecular complexity index is 1020. The number of sulfonamides is 1. The van der Waals surface area contributed by atoms with E-state index in [1.54, 1.807) is 30.0 Å². The van der Waals surface area contributed by atoms with E-state index in [2.05, 4.69) is 38.8 Å². The summed E-state index contributed by atoms with van der Waals surface area (Å²) in [4.78, 5) is 18.5. The molecule has 7 nitrogen and oxygen atoms in total. The molecule has 1 fully saturated rings. The second-order valence-electron chi connectivity index (χ2n) is 8.13. The molecular weight excluding hydrogens is 412 g/mol. The van der Waals surface area contributed by atoms with Gasteiger partial charge >= 0.3 is 0 Å². The second kappa shape index (κ2) is 9.38. The van der Waals surface area contributed by atoms with Crippen LogP contribution in [0.15, 0.2) is 53.4 Å². The Kier molecular flexibility index (Phi) is 6.60. The number of rotatable bonds is 6. The first-order valence-electron chi connectivity index (χ1n) is 10.9. The SMILES string of the molecule is CC(=O)N1CCCc2cc(S(=O)(=O)NCCN3CCN(c4ccccc4)CC3)ccc21. The molecule has 0 radical (unpaired) electrons. The second-order valence-corrected chi connectivity index (χ2v) is 9.89. The molecule has 0 aromatic heterocycles. The van der Waals surface area contributed by atoms with Crippen molar-refractivity contribution in [3.8, 4) is 0 Å². The number of para-hydroxylation sites is 1. The number of piperazine rings is 1. The molecule has 1 saturated heterocycles. The highest BCUT2D eigenvalue weighted by molar-refractivity contribution is 7.89. The lowest BCUT2D eigenvalue weighted by Crippen LogP contribution is -2.48. The quantitative estimate of drug-likeness (QED) is 0.742. The van der Waals surface area contributed by atoms with Crippen molar-refractivity contribution < 1.29 is 13.2 Å². The number of amides is 1. The maximum absolute atomic E-state index is 12.8. The van der Waals surface area contributed by atoms with Gasteiger partial charge in [0, 0.05) is 64.1 Å². The third kappa shape index (κ3) is 5.08. The first kappa shape index (κ1) is 21.8. The number of nitrogens with zero attached hydrogens (tertiary/aromatic N) is 3. The summed E-state index contributed by atoms with van der Waals surface area (Å²) in [5.41, 5.74) is 2.98. The van der Waals surface area contributed by atoms with Crippen LogP contribution in [0.4, 0.5) is 11.4 Å². The minimum absolute atomic E-state index is 0.0120. The standard InChI is InChI=1S/C23H30N4O3S/c1-19(28)27-12-5-6-20-18-22(9-10-23(20)27)31(29,30)24-11-13-25-14-16-26(17-15-25)21-7-3-2-4-8-21/h2-4,7-10,18,24H,5-6,11-17H2,1H3. The van der Waals surface area contributed by atoms with Crippen molar-refractivity contribution in [3.05, 3.63) is 54.1 Å². The van der Waals surface area contributed by atoms with Crippen molar-refractivity contribution in [3.63, 3.8) is 0 Å². The van der Waals surface area contributed by atoms with Gasteiger partial charge in [0.15, 0.2) is 0 Å². The summed E-state index contributed by atoms with van der Waals surface area (Å²) in [5, 5.41) is 0. The number of carbonyl (C=O) groups is 1. The highest BCUT2D eigenvalue weighted by Crippen LogP contribution is 2.29. The fraction of sp³-hybridized carbons (Fsp3) is 0.435. The van der Waals surface area contributed by atoms with Gasteiger partial charge in [-0.2, -0.15) is 0 Å². The van der Waals surface area contributed by atoms with Gasteiger partial charge in [0.05, 0.1) is 4.90 Å². The van der Waals surface area contributed by atoms with Gasteiger partial charge in [0.1, 0.15) is 0 Å². The monoisotopic (exact) mass is 442 g/mol. The molecule has 0 atom stereocenters. The molecule has 0 aliphatic carbocycles. The van der Waals surface area contributed by atoms with Crippen molar-refractivity contribution >= 4 is 27.3 Å². The lowest BCUT2D eigenvalue weighted by Gasteiger charge is -2.36. The van der Waals surface area contributed by atoms with E-state index in [1.807, 2.05) is 6.07 Å². The minimum atomic E-state index is -3.58. The molecule has 1 N–H and O–H groups in total. The number of nitrogens with one attached hydrogen (secondary N) is 1. The molecule has 2 aliphatic rings. The topological polar surface area (TPSA) is 73.0 Å². The van der Waals surface area contributed by atoms with Crippen LogP contribution in [0.2, 0.25) is 0 Å². The molecule has 31 heavy (non-hydrogen) atoms. The smallest absolute Gasteiger partial charge is 0.240 e. The molecular formula is C23H30N4O3S. The van der Waals surface area contributed by atoms with Gasteiger partial charge in [-0.15, -0.1) is 0 Å². The van der Waals surface area contributed by atoms with E-state index in [0.29, 0.717) is 19.6 Å². The normalized spacial score (nSPS) is 17.5. The average Bonchev–Trinajstić information content (AvgIpc) is 2.79. The van der Waals surface area contributed by atoms with Gasteiger partial charge in [0.25, 0.3) is 0 Å². The van der Waals surface area contributed by atoms with Crippen molar-refractivity contribution in [2.24, 2.45) is 0 Å². The molecule has 2 aromatic rings. The largest absolute Gasteiger partial charge is 0.369 e. The predicted octanol–water partition coefficient (Wildman–Crippen LogP) is 2.09. The zero-order chi connectivity index (χ0) is 21.8. The lowest BCUT2D eigenvalue weighted by molar-refractivity contribution is -0.116. The van der Waals surface area contributed by atoms with Gasteiger partial charge < -0.3 is 9.80 Å². The Balaban J connectivity index is 1.30. The fourth-order valence-corrected chi connectivity index (χ4v) is 5.43. The molecule has 2 aromatic carbocycles. The number of hydrogen-bond donors (Lipinski definition) is 1. The van der Waals surface area contributed by atoms with Gasteiger partial charge in [-0.05, 0) is 48.7 Å². The number of aryl methyl sites for hydroxylation is 1. The fourth-order valence-electron chi connectivity index (χ4n) is 4.36. The molecule has 0 saturated carbocycles. The van der Waals surface area contributed by atoms with Gasteiger partial charge in [-0.25, -0.2) is 13.1 Å². The van der Waals surface area contributed by atoms with Crippen LogP contribution in [0.5, 0.6) is 0 Å². The number of carbonyl (C=O) groups excluding carboxylic acids is 1. The molecule has 2 aliphatic heterocycles. The van der Waals surface area contributed by atoms with Crippen molar-refractivity contribution in [1.82, 2.24) is 9.62 Å². The number of hydrogen-bond acceptors (Lipinski definition) is 5. The highest BCUT2D eigenvalue weighted by atomic mass is 32.2. The molecule has 4 rings (SSSR count). The maximum Gasteiger partial charge on any atom is 0.240 e. The maximum atomic E-state index is 12.8. The van der Waals surface area contributed by atoms with E-state index in [1.165, 1.54) is 5.69 Å². The highest BCUT2D eigenvalue weighted by Gasteiger charge is 2.23. The zero-order valence-electron chi connectivity index (χ0n) is 18.0. The summed E-state index contributed by atoms with van der Waals surface area (Å²) in [6.45, 7) is 7.00. The van der Waals surface area contributed by atoms with E-state index in [4.69, 9.17) is 0 Å². The summed E-state index contributed by atoms with van der Waals surface area (Å²) in [6, 6.07) is 15.4. The Morgan fingerprint density at radius 1 is 1.00 bits per heavy atom. The molecule has 166 valence electrons. The van der Waals surface area contributed by atoms with E-state index in [0.717, 1.165) is 50.3 Å². The first-order valence-corrected chi connectivity index (χ1v) is 12.4. The van der Waals surface area contributed by atoms with Crippen LogP contribution in [0.1, 0.15) is 18.9 Å². The van der Waals surface area contributed by atoms with Crippen LogP contribution < -0.4 is 14.5 Å². The number of benzene rings is 2. The zero-order valence-corrected chi connectivity index (χ0v) is 18.8. The summed E-state index contributed by atoms with van der Waals surface area (Å²) in [6.07, 6.45) is 1.63. The molecule has 8 heteroatoms.